The molecule has 1 fully saturated rings. The highest BCUT2D eigenvalue weighted by atomic mass is 127. The number of carbonyl (C=O) groups is 1. The Kier molecular flexibility index (Phi) is 3.20. The third kappa shape index (κ3) is 2.46. The Bertz CT molecular complexity index is 365. The molecule has 15 heavy (non-hydrogen) atoms. The van der Waals surface area contributed by atoms with E-state index < -0.39 is 0 Å². The fourth-order valence-electron chi connectivity index (χ4n) is 1.66. The lowest BCUT2D eigenvalue weighted by Crippen LogP contribution is -2.44. The summed E-state index contributed by atoms with van der Waals surface area (Å²) in [5.74, 6) is 0.0942. The molecule has 1 saturated heterocycles. The molecule has 4 nitrogen and oxygen atoms in total. The first-order chi connectivity index (χ1) is 7.16. The number of hydrogen-bond donors (Lipinski definition) is 1. The van der Waals surface area contributed by atoms with Gasteiger partial charge < -0.3 is 10.6 Å². The van der Waals surface area contributed by atoms with E-state index in [4.69, 9.17) is 5.73 Å². The van der Waals surface area contributed by atoms with Gasteiger partial charge in [0.05, 0.1) is 11.9 Å². The van der Waals surface area contributed by atoms with Gasteiger partial charge in [-0.15, -0.1) is 0 Å². The third-order valence-electron chi connectivity index (χ3n) is 2.48. The highest BCUT2D eigenvalue weighted by molar-refractivity contribution is 14.1. The van der Waals surface area contributed by atoms with Crippen LogP contribution in [-0.4, -0.2) is 23.5 Å². The lowest BCUT2D eigenvalue weighted by molar-refractivity contribution is -0.119. The smallest absolute Gasteiger partial charge is 0.228 e. The maximum absolute atomic E-state index is 11.7. The molecular formula is C10H12IN3O. The SMILES string of the molecule is N[C@@H]1CCN(c2ccc(I)nc2)C(=O)C1. The van der Waals surface area contributed by atoms with Crippen LogP contribution in [0.25, 0.3) is 0 Å². The van der Waals surface area contributed by atoms with Crippen molar-refractivity contribution in [1.29, 1.82) is 0 Å². The van der Waals surface area contributed by atoms with Crippen molar-refractivity contribution in [2.45, 2.75) is 18.9 Å². The third-order valence-corrected chi connectivity index (χ3v) is 3.12. The number of nitrogens with zero attached hydrogens (tertiary/aromatic N) is 2. The predicted molar refractivity (Wildman–Crippen MR) is 66.5 cm³/mol. The van der Waals surface area contributed by atoms with Crippen LogP contribution < -0.4 is 10.6 Å². The van der Waals surface area contributed by atoms with Crippen molar-refractivity contribution in [3.63, 3.8) is 0 Å². The van der Waals surface area contributed by atoms with E-state index in [0.717, 1.165) is 15.8 Å². The topological polar surface area (TPSA) is 59.2 Å². The van der Waals surface area contributed by atoms with Crippen molar-refractivity contribution in [2.24, 2.45) is 5.73 Å². The lowest BCUT2D eigenvalue weighted by atomic mass is 10.1. The van der Waals surface area contributed by atoms with E-state index in [2.05, 4.69) is 27.6 Å². The van der Waals surface area contributed by atoms with Crippen LogP contribution in [0, 0.1) is 3.70 Å². The molecule has 1 aliphatic rings. The van der Waals surface area contributed by atoms with Crippen molar-refractivity contribution in [2.75, 3.05) is 11.4 Å². The van der Waals surface area contributed by atoms with E-state index in [9.17, 15) is 4.79 Å². The molecule has 2 N–H and O–H groups in total. The highest BCUT2D eigenvalue weighted by Gasteiger charge is 2.24. The summed E-state index contributed by atoms with van der Waals surface area (Å²) in [7, 11) is 0. The Morgan fingerprint density at radius 3 is 2.93 bits per heavy atom. The Balaban J connectivity index is 2.17. The van der Waals surface area contributed by atoms with E-state index in [0.29, 0.717) is 13.0 Å². The molecule has 1 atom stereocenters. The molecule has 80 valence electrons. The van der Waals surface area contributed by atoms with Gasteiger partial charge in [0, 0.05) is 19.0 Å². The second-order valence-electron chi connectivity index (χ2n) is 3.64. The summed E-state index contributed by atoms with van der Waals surface area (Å²) in [6, 6.07) is 3.84. The van der Waals surface area contributed by atoms with Crippen LogP contribution >= 0.6 is 22.6 Å². The van der Waals surface area contributed by atoms with Crippen molar-refractivity contribution < 1.29 is 4.79 Å². The summed E-state index contributed by atoms with van der Waals surface area (Å²) < 4.78 is 0.928. The molecule has 0 spiro atoms. The van der Waals surface area contributed by atoms with Gasteiger partial charge in [0.25, 0.3) is 0 Å². The van der Waals surface area contributed by atoms with Gasteiger partial charge in [-0.2, -0.15) is 0 Å². The zero-order chi connectivity index (χ0) is 10.8. The fraction of sp³-hybridized carbons (Fsp3) is 0.400. The summed E-state index contributed by atoms with van der Waals surface area (Å²) in [5, 5.41) is 0. The summed E-state index contributed by atoms with van der Waals surface area (Å²) in [4.78, 5) is 17.6. The minimum atomic E-state index is 0.0190. The maximum atomic E-state index is 11.7. The van der Waals surface area contributed by atoms with Crippen molar-refractivity contribution >= 4 is 34.2 Å². The van der Waals surface area contributed by atoms with Gasteiger partial charge >= 0.3 is 0 Å². The van der Waals surface area contributed by atoms with Crippen LogP contribution in [-0.2, 0) is 4.79 Å². The first-order valence-corrected chi connectivity index (χ1v) is 5.92. The van der Waals surface area contributed by atoms with Gasteiger partial charge in [-0.1, -0.05) is 0 Å². The molecule has 5 heteroatoms. The van der Waals surface area contributed by atoms with Crippen molar-refractivity contribution in [3.8, 4) is 0 Å². The fourth-order valence-corrected chi connectivity index (χ4v) is 1.98. The summed E-state index contributed by atoms with van der Waals surface area (Å²) in [6.45, 7) is 0.697. The largest absolute Gasteiger partial charge is 0.327 e. The molecule has 0 aliphatic carbocycles. The molecule has 0 aromatic carbocycles. The number of piperidine rings is 1. The highest BCUT2D eigenvalue weighted by Crippen LogP contribution is 2.19. The maximum Gasteiger partial charge on any atom is 0.228 e. The van der Waals surface area contributed by atoms with Crippen LogP contribution in [0.15, 0.2) is 18.3 Å². The molecule has 0 unspecified atom stereocenters. The van der Waals surface area contributed by atoms with Crippen LogP contribution in [0.2, 0.25) is 0 Å². The van der Waals surface area contributed by atoms with Crippen LogP contribution in [0.4, 0.5) is 5.69 Å². The standard InChI is InChI=1S/C10H12IN3O/c11-9-2-1-8(6-13-9)14-4-3-7(12)5-10(14)15/h1-2,6-7H,3-5,12H2/t7-/m1/s1. The molecule has 1 aliphatic heterocycles. The average Bonchev–Trinajstić information content (AvgIpc) is 2.20. The van der Waals surface area contributed by atoms with Gasteiger partial charge in [-0.05, 0) is 41.1 Å². The molecule has 2 rings (SSSR count). The van der Waals surface area contributed by atoms with E-state index in [-0.39, 0.29) is 11.9 Å². The molecule has 0 radical (unpaired) electrons. The number of aromatic nitrogens is 1. The lowest BCUT2D eigenvalue weighted by Gasteiger charge is -2.29. The second kappa shape index (κ2) is 4.44. The number of amides is 1. The predicted octanol–water partition coefficient (Wildman–Crippen LogP) is 1.14. The zero-order valence-electron chi connectivity index (χ0n) is 8.19. The minimum absolute atomic E-state index is 0.0190. The zero-order valence-corrected chi connectivity index (χ0v) is 10.3. The Morgan fingerprint density at radius 1 is 1.53 bits per heavy atom. The van der Waals surface area contributed by atoms with Crippen LogP contribution in [0.1, 0.15) is 12.8 Å². The molecule has 1 aromatic rings. The average molecular weight is 317 g/mol. The van der Waals surface area contributed by atoms with E-state index in [1.165, 1.54) is 0 Å². The van der Waals surface area contributed by atoms with E-state index in [1.807, 2.05) is 12.1 Å². The van der Waals surface area contributed by atoms with Crippen molar-refractivity contribution in [1.82, 2.24) is 4.98 Å². The van der Waals surface area contributed by atoms with E-state index in [1.54, 1.807) is 11.1 Å². The number of carbonyl (C=O) groups excluding carboxylic acids is 1. The number of halogens is 1. The molecule has 1 amide bonds. The first kappa shape index (κ1) is 10.8. The quantitative estimate of drug-likeness (QED) is 0.624. The molecule has 2 heterocycles. The number of anilines is 1. The number of rotatable bonds is 1. The summed E-state index contributed by atoms with van der Waals surface area (Å²) in [6.07, 6.45) is 3.03. The molecule has 0 bridgehead atoms. The van der Waals surface area contributed by atoms with Gasteiger partial charge in [-0.3, -0.25) is 4.79 Å². The van der Waals surface area contributed by atoms with Gasteiger partial charge in [0.15, 0.2) is 0 Å². The van der Waals surface area contributed by atoms with Gasteiger partial charge in [-0.25, -0.2) is 4.98 Å². The van der Waals surface area contributed by atoms with Crippen molar-refractivity contribution in [3.05, 3.63) is 22.0 Å². The number of pyridine rings is 1. The van der Waals surface area contributed by atoms with Gasteiger partial charge in [0.2, 0.25) is 5.91 Å². The Labute approximate surface area is 102 Å². The number of hydrogen-bond acceptors (Lipinski definition) is 3. The second-order valence-corrected chi connectivity index (χ2v) is 4.74. The number of nitrogens with two attached hydrogens (primary N) is 1. The summed E-state index contributed by atoms with van der Waals surface area (Å²) in [5.41, 5.74) is 6.59. The first-order valence-electron chi connectivity index (χ1n) is 4.84. The molecular weight excluding hydrogens is 305 g/mol. The van der Waals surface area contributed by atoms with Gasteiger partial charge in [0.1, 0.15) is 3.70 Å². The molecule has 1 aromatic heterocycles. The Hall–Kier alpha value is -0.690. The Morgan fingerprint density at radius 2 is 2.33 bits per heavy atom. The summed E-state index contributed by atoms with van der Waals surface area (Å²) >= 11 is 2.14. The monoisotopic (exact) mass is 317 g/mol. The normalized spacial score (nSPS) is 21.9. The van der Waals surface area contributed by atoms with Crippen LogP contribution in [0.5, 0.6) is 0 Å². The van der Waals surface area contributed by atoms with Crippen LogP contribution in [0.3, 0.4) is 0 Å². The molecule has 0 saturated carbocycles. The van der Waals surface area contributed by atoms with E-state index >= 15 is 0 Å². The minimum Gasteiger partial charge on any atom is -0.327 e.